The van der Waals surface area contributed by atoms with Crippen LogP contribution in [0.1, 0.15) is 18.0 Å². The third-order valence-electron chi connectivity index (χ3n) is 2.05. The Morgan fingerprint density at radius 1 is 1.39 bits per heavy atom. The standard InChI is InChI=1S/C10H11ClF3NO2.ClH/c11-7-5-6(8(15)3-4-16)1-2-9(7)17-10(12,13)14;/h1-2,5,8,16H,3-4,15H2;1H/t8-;/m0./s1. The molecule has 0 aliphatic heterocycles. The van der Waals surface area contributed by atoms with Gasteiger partial charge in [0.05, 0.1) is 5.02 Å². The summed E-state index contributed by atoms with van der Waals surface area (Å²) in [5.41, 5.74) is 6.21. The van der Waals surface area contributed by atoms with E-state index in [2.05, 4.69) is 4.74 Å². The number of aliphatic hydroxyl groups excluding tert-OH is 1. The molecule has 104 valence electrons. The number of aliphatic hydroxyl groups is 1. The number of ether oxygens (including phenoxy) is 1. The first-order valence-electron chi connectivity index (χ1n) is 4.75. The third-order valence-corrected chi connectivity index (χ3v) is 2.35. The van der Waals surface area contributed by atoms with Gasteiger partial charge in [0.2, 0.25) is 0 Å². The van der Waals surface area contributed by atoms with E-state index in [1.54, 1.807) is 0 Å². The summed E-state index contributed by atoms with van der Waals surface area (Å²) in [4.78, 5) is 0. The Hall–Kier alpha value is -0.690. The largest absolute Gasteiger partial charge is 0.573 e. The summed E-state index contributed by atoms with van der Waals surface area (Å²) in [5.74, 6) is -0.473. The fraction of sp³-hybridized carbons (Fsp3) is 0.400. The van der Waals surface area contributed by atoms with Crippen LogP contribution in [-0.2, 0) is 0 Å². The van der Waals surface area contributed by atoms with Crippen LogP contribution in [0.4, 0.5) is 13.2 Å². The van der Waals surface area contributed by atoms with Crippen molar-refractivity contribution in [3.63, 3.8) is 0 Å². The lowest BCUT2D eigenvalue weighted by molar-refractivity contribution is -0.274. The van der Waals surface area contributed by atoms with E-state index in [0.29, 0.717) is 12.0 Å². The lowest BCUT2D eigenvalue weighted by Gasteiger charge is -2.14. The molecule has 0 heterocycles. The molecule has 0 aliphatic rings. The van der Waals surface area contributed by atoms with Crippen molar-refractivity contribution in [3.8, 4) is 5.75 Å². The van der Waals surface area contributed by atoms with Crippen LogP contribution < -0.4 is 10.5 Å². The maximum atomic E-state index is 12.0. The van der Waals surface area contributed by atoms with Crippen LogP contribution in [0, 0.1) is 0 Å². The summed E-state index contributed by atoms with van der Waals surface area (Å²) >= 11 is 5.64. The number of alkyl halides is 3. The van der Waals surface area contributed by atoms with Crippen LogP contribution in [0.25, 0.3) is 0 Å². The molecule has 0 aliphatic carbocycles. The Balaban J connectivity index is 0.00000289. The second-order valence-electron chi connectivity index (χ2n) is 3.36. The van der Waals surface area contributed by atoms with Crippen LogP contribution in [0.15, 0.2) is 18.2 Å². The van der Waals surface area contributed by atoms with Gasteiger partial charge in [0.25, 0.3) is 0 Å². The number of hydrogen-bond acceptors (Lipinski definition) is 3. The smallest absolute Gasteiger partial charge is 0.404 e. The Bertz CT molecular complexity index is 388. The highest BCUT2D eigenvalue weighted by molar-refractivity contribution is 6.32. The van der Waals surface area contributed by atoms with Crippen LogP contribution in [0.2, 0.25) is 5.02 Å². The van der Waals surface area contributed by atoms with Crippen LogP contribution in [0.5, 0.6) is 5.75 Å². The second-order valence-corrected chi connectivity index (χ2v) is 3.76. The van der Waals surface area contributed by atoms with Gasteiger partial charge >= 0.3 is 6.36 Å². The van der Waals surface area contributed by atoms with Crippen molar-refractivity contribution in [2.45, 2.75) is 18.8 Å². The van der Waals surface area contributed by atoms with Gasteiger partial charge in [-0.3, -0.25) is 0 Å². The monoisotopic (exact) mass is 305 g/mol. The highest BCUT2D eigenvalue weighted by Crippen LogP contribution is 2.32. The molecule has 1 rings (SSSR count). The summed E-state index contributed by atoms with van der Waals surface area (Å²) < 4.78 is 39.6. The zero-order chi connectivity index (χ0) is 13.1. The zero-order valence-electron chi connectivity index (χ0n) is 9.08. The first kappa shape index (κ1) is 17.3. The maximum absolute atomic E-state index is 12.0. The first-order valence-corrected chi connectivity index (χ1v) is 5.13. The van der Waals surface area contributed by atoms with E-state index < -0.39 is 18.2 Å². The number of benzene rings is 1. The van der Waals surface area contributed by atoms with Crippen LogP contribution in [0.3, 0.4) is 0 Å². The molecule has 0 unspecified atom stereocenters. The summed E-state index contributed by atoms with van der Waals surface area (Å²) in [6, 6.07) is 3.30. The summed E-state index contributed by atoms with van der Waals surface area (Å²) in [7, 11) is 0. The van der Waals surface area contributed by atoms with Gasteiger partial charge in [-0.1, -0.05) is 17.7 Å². The molecule has 0 aromatic heterocycles. The number of halogens is 5. The number of hydrogen-bond donors (Lipinski definition) is 2. The van der Waals surface area contributed by atoms with Crippen molar-refractivity contribution < 1.29 is 23.0 Å². The van der Waals surface area contributed by atoms with E-state index in [9.17, 15) is 13.2 Å². The van der Waals surface area contributed by atoms with Crippen molar-refractivity contribution in [1.82, 2.24) is 0 Å². The van der Waals surface area contributed by atoms with Gasteiger partial charge in [-0.2, -0.15) is 0 Å². The molecule has 1 aromatic carbocycles. The predicted octanol–water partition coefficient (Wildman–Crippen LogP) is 3.04. The van der Waals surface area contributed by atoms with E-state index in [0.717, 1.165) is 6.07 Å². The quantitative estimate of drug-likeness (QED) is 0.899. The Morgan fingerprint density at radius 2 is 2.00 bits per heavy atom. The van der Waals surface area contributed by atoms with Crippen molar-refractivity contribution in [2.75, 3.05) is 6.61 Å². The van der Waals surface area contributed by atoms with Crippen LogP contribution >= 0.6 is 24.0 Å². The van der Waals surface area contributed by atoms with Gasteiger partial charge in [-0.05, 0) is 24.1 Å². The fourth-order valence-corrected chi connectivity index (χ4v) is 1.49. The minimum Gasteiger partial charge on any atom is -0.404 e. The highest BCUT2D eigenvalue weighted by Gasteiger charge is 2.32. The SMILES string of the molecule is Cl.N[C@@H](CCO)c1ccc(OC(F)(F)F)c(Cl)c1. The van der Waals surface area contributed by atoms with E-state index in [4.69, 9.17) is 22.4 Å². The molecule has 0 amide bonds. The molecule has 1 aromatic rings. The zero-order valence-corrected chi connectivity index (χ0v) is 10.6. The molecule has 1 atom stereocenters. The second kappa shape index (κ2) is 7.04. The molecule has 8 heteroatoms. The van der Waals surface area contributed by atoms with Crippen molar-refractivity contribution in [3.05, 3.63) is 28.8 Å². The van der Waals surface area contributed by atoms with Crippen LogP contribution in [-0.4, -0.2) is 18.1 Å². The molecular weight excluding hydrogens is 294 g/mol. The van der Waals surface area contributed by atoms with Crippen molar-refractivity contribution in [1.29, 1.82) is 0 Å². The molecule has 18 heavy (non-hydrogen) atoms. The predicted molar refractivity (Wildman–Crippen MR) is 64.0 cm³/mol. The lowest BCUT2D eigenvalue weighted by atomic mass is 10.1. The number of rotatable bonds is 4. The van der Waals surface area contributed by atoms with E-state index >= 15 is 0 Å². The molecule has 0 bridgehead atoms. The molecule has 3 nitrogen and oxygen atoms in total. The average Bonchev–Trinajstić information content (AvgIpc) is 2.19. The minimum atomic E-state index is -4.78. The van der Waals surface area contributed by atoms with E-state index in [-0.39, 0.29) is 24.0 Å². The van der Waals surface area contributed by atoms with Crippen molar-refractivity contribution in [2.24, 2.45) is 5.73 Å². The fourth-order valence-electron chi connectivity index (χ4n) is 1.26. The van der Waals surface area contributed by atoms with Gasteiger partial charge in [0, 0.05) is 12.6 Å². The van der Waals surface area contributed by atoms with Gasteiger partial charge < -0.3 is 15.6 Å². The van der Waals surface area contributed by atoms with Gasteiger partial charge in [0.15, 0.2) is 0 Å². The normalized spacial score (nSPS) is 12.8. The number of nitrogens with two attached hydrogens (primary N) is 1. The summed E-state index contributed by atoms with van der Waals surface area (Å²) in [6.45, 7) is -0.112. The molecule has 0 saturated carbocycles. The average molecular weight is 306 g/mol. The maximum Gasteiger partial charge on any atom is 0.573 e. The van der Waals surface area contributed by atoms with Gasteiger partial charge in [0.1, 0.15) is 5.75 Å². The third kappa shape index (κ3) is 5.30. The van der Waals surface area contributed by atoms with Gasteiger partial charge in [-0.25, -0.2) is 0 Å². The minimum absolute atomic E-state index is 0. The Kier molecular flexibility index (Phi) is 6.77. The summed E-state index contributed by atoms with van der Waals surface area (Å²) in [6.07, 6.45) is -4.48. The van der Waals surface area contributed by atoms with Gasteiger partial charge in [-0.15, -0.1) is 25.6 Å². The Morgan fingerprint density at radius 3 is 2.44 bits per heavy atom. The molecule has 0 radical (unpaired) electrons. The first-order chi connectivity index (χ1) is 7.83. The molecule has 3 N–H and O–H groups in total. The molecule has 0 saturated heterocycles. The van der Waals surface area contributed by atoms with E-state index in [1.807, 2.05) is 0 Å². The van der Waals surface area contributed by atoms with E-state index in [1.165, 1.54) is 12.1 Å². The van der Waals surface area contributed by atoms with Crippen molar-refractivity contribution >= 4 is 24.0 Å². The topological polar surface area (TPSA) is 55.5 Å². The molecular formula is C10H12Cl2F3NO2. The molecule has 0 spiro atoms. The summed E-state index contributed by atoms with van der Waals surface area (Å²) in [5, 5.41) is 8.52. The molecule has 0 fully saturated rings. The lowest BCUT2D eigenvalue weighted by Crippen LogP contribution is -2.17. The Labute approximate surface area is 113 Å². The highest BCUT2D eigenvalue weighted by atomic mass is 35.5.